The van der Waals surface area contributed by atoms with E-state index < -0.39 is 0 Å². The van der Waals surface area contributed by atoms with Crippen molar-refractivity contribution >= 4 is 43.2 Å². The van der Waals surface area contributed by atoms with E-state index in [1.165, 1.54) is 21.5 Å². The van der Waals surface area contributed by atoms with Gasteiger partial charge in [0.2, 0.25) is 0 Å². The van der Waals surface area contributed by atoms with Gasteiger partial charge in [0.05, 0.1) is 3.79 Å². The van der Waals surface area contributed by atoms with Gasteiger partial charge in [-0.15, -0.1) is 11.3 Å². The van der Waals surface area contributed by atoms with E-state index in [0.717, 1.165) is 11.0 Å². The van der Waals surface area contributed by atoms with Crippen molar-refractivity contribution in [3.63, 3.8) is 0 Å². The Balaban J connectivity index is 2.45. The predicted molar refractivity (Wildman–Crippen MR) is 70.9 cm³/mol. The topological polar surface area (TPSA) is 12.0 Å². The maximum absolute atomic E-state index is 3.54. The van der Waals surface area contributed by atoms with Crippen LogP contribution >= 0.6 is 43.2 Å². The van der Waals surface area contributed by atoms with Crippen molar-refractivity contribution < 1.29 is 0 Å². The van der Waals surface area contributed by atoms with Crippen molar-refractivity contribution in [1.29, 1.82) is 0 Å². The summed E-state index contributed by atoms with van der Waals surface area (Å²) in [5.41, 5.74) is 0. The van der Waals surface area contributed by atoms with Crippen LogP contribution in [0.5, 0.6) is 0 Å². The molecule has 80 valence electrons. The monoisotopic (exact) mass is 339 g/mol. The molecule has 1 aromatic rings. The molecule has 0 aliphatic rings. The summed E-state index contributed by atoms with van der Waals surface area (Å²) in [6.45, 7) is 5.42. The first-order valence-electron chi connectivity index (χ1n) is 4.84. The molecule has 1 nitrogen and oxygen atoms in total. The van der Waals surface area contributed by atoms with Crippen molar-refractivity contribution in [1.82, 2.24) is 5.32 Å². The van der Waals surface area contributed by atoms with Crippen LogP contribution in [-0.4, -0.2) is 6.04 Å². The van der Waals surface area contributed by atoms with Crippen molar-refractivity contribution in [2.24, 2.45) is 0 Å². The Bertz CT molecular complexity index is 262. The molecule has 0 radical (unpaired) electrons. The smallest absolute Gasteiger partial charge is 0.0843 e. The van der Waals surface area contributed by atoms with Crippen LogP contribution in [0.1, 0.15) is 31.6 Å². The van der Waals surface area contributed by atoms with Crippen molar-refractivity contribution in [3.05, 3.63) is 19.2 Å². The lowest BCUT2D eigenvalue weighted by Crippen LogP contribution is -2.26. The van der Waals surface area contributed by atoms with Crippen LogP contribution < -0.4 is 5.32 Å². The minimum absolute atomic E-state index is 0.648. The summed E-state index contributed by atoms with van der Waals surface area (Å²) in [4.78, 5) is 1.37. The van der Waals surface area contributed by atoms with Gasteiger partial charge in [-0.2, -0.15) is 0 Å². The molecule has 14 heavy (non-hydrogen) atoms. The normalized spacial score (nSPS) is 11.2. The van der Waals surface area contributed by atoms with Crippen LogP contribution in [0.15, 0.2) is 14.3 Å². The molecular weight excluding hydrogens is 326 g/mol. The van der Waals surface area contributed by atoms with Crippen LogP contribution in [0.2, 0.25) is 0 Å². The Labute approximate surface area is 107 Å². The van der Waals surface area contributed by atoms with Crippen LogP contribution in [0.25, 0.3) is 0 Å². The number of halogens is 2. The fourth-order valence-corrected chi connectivity index (χ4v) is 3.43. The average molecular weight is 341 g/mol. The molecule has 0 bridgehead atoms. The Morgan fingerprint density at radius 1 is 1.36 bits per heavy atom. The zero-order valence-corrected chi connectivity index (χ0v) is 12.4. The van der Waals surface area contributed by atoms with Gasteiger partial charge in [-0.3, -0.25) is 0 Å². The number of hydrogen-bond donors (Lipinski definition) is 1. The lowest BCUT2D eigenvalue weighted by molar-refractivity contribution is 0.486. The van der Waals surface area contributed by atoms with Gasteiger partial charge in [0.15, 0.2) is 0 Å². The van der Waals surface area contributed by atoms with E-state index in [1.807, 2.05) is 0 Å². The van der Waals surface area contributed by atoms with Crippen LogP contribution in [0, 0.1) is 0 Å². The van der Waals surface area contributed by atoms with Crippen LogP contribution in [0.3, 0.4) is 0 Å². The molecule has 4 heteroatoms. The quantitative estimate of drug-likeness (QED) is 0.829. The second kappa shape index (κ2) is 6.26. The van der Waals surface area contributed by atoms with Gasteiger partial charge in [0.25, 0.3) is 0 Å². The highest BCUT2D eigenvalue weighted by Crippen LogP contribution is 2.32. The maximum atomic E-state index is 3.54. The van der Waals surface area contributed by atoms with Gasteiger partial charge in [-0.25, -0.2) is 0 Å². The lowest BCUT2D eigenvalue weighted by Gasteiger charge is -2.13. The second-order valence-corrected chi connectivity index (χ2v) is 6.54. The fraction of sp³-hybridized carbons (Fsp3) is 0.600. The summed E-state index contributed by atoms with van der Waals surface area (Å²) >= 11 is 8.78. The summed E-state index contributed by atoms with van der Waals surface area (Å²) in [5, 5.41) is 3.54. The largest absolute Gasteiger partial charge is 0.309 e. The van der Waals surface area contributed by atoms with Gasteiger partial charge in [-0.05, 0) is 50.8 Å². The molecule has 0 unspecified atom stereocenters. The molecule has 1 aromatic heterocycles. The van der Waals surface area contributed by atoms with Crippen LogP contribution in [0.4, 0.5) is 0 Å². The minimum atomic E-state index is 0.648. The lowest BCUT2D eigenvalue weighted by atomic mass is 10.2. The standard InChI is InChI=1S/C10H15Br2NS/c1-3-7(4-2)13-6-8-5-9(11)10(12)14-8/h5,7,13H,3-4,6H2,1-2H3. The SMILES string of the molecule is CCC(CC)NCc1cc(Br)c(Br)s1. The van der Waals surface area contributed by atoms with E-state index in [2.05, 4.69) is 57.1 Å². The van der Waals surface area contributed by atoms with E-state index in [4.69, 9.17) is 0 Å². The molecule has 1 heterocycles. The van der Waals surface area contributed by atoms with Crippen molar-refractivity contribution in [2.75, 3.05) is 0 Å². The zero-order chi connectivity index (χ0) is 10.6. The van der Waals surface area contributed by atoms with Gasteiger partial charge >= 0.3 is 0 Å². The second-order valence-electron chi connectivity index (χ2n) is 3.23. The Hall–Kier alpha value is 0.620. The third kappa shape index (κ3) is 3.65. The molecule has 1 rings (SSSR count). The first kappa shape index (κ1) is 12.7. The third-order valence-electron chi connectivity index (χ3n) is 2.25. The van der Waals surface area contributed by atoms with Gasteiger partial charge < -0.3 is 5.32 Å². The van der Waals surface area contributed by atoms with E-state index in [9.17, 15) is 0 Å². The fourth-order valence-electron chi connectivity index (χ4n) is 1.30. The summed E-state index contributed by atoms with van der Waals surface area (Å²) in [6.07, 6.45) is 2.40. The summed E-state index contributed by atoms with van der Waals surface area (Å²) in [6, 6.07) is 2.82. The van der Waals surface area contributed by atoms with Gasteiger partial charge in [0, 0.05) is 21.9 Å². The van der Waals surface area contributed by atoms with E-state index in [0.29, 0.717) is 6.04 Å². The summed E-state index contributed by atoms with van der Waals surface area (Å²) in [5.74, 6) is 0. The summed E-state index contributed by atoms with van der Waals surface area (Å²) in [7, 11) is 0. The molecule has 1 N–H and O–H groups in total. The average Bonchev–Trinajstić information content (AvgIpc) is 2.48. The number of rotatable bonds is 5. The van der Waals surface area contributed by atoms with Gasteiger partial charge in [-0.1, -0.05) is 13.8 Å². The Morgan fingerprint density at radius 2 is 2.00 bits per heavy atom. The molecular formula is C10H15Br2NS. The van der Waals surface area contributed by atoms with Crippen molar-refractivity contribution in [3.8, 4) is 0 Å². The van der Waals surface area contributed by atoms with E-state index in [-0.39, 0.29) is 0 Å². The number of thiophene rings is 1. The van der Waals surface area contributed by atoms with Crippen LogP contribution in [-0.2, 0) is 6.54 Å². The highest BCUT2D eigenvalue weighted by Gasteiger charge is 2.06. The Morgan fingerprint density at radius 3 is 2.43 bits per heavy atom. The molecule has 0 aliphatic carbocycles. The Kier molecular flexibility index (Phi) is 5.67. The predicted octanol–water partition coefficient (Wildman–Crippen LogP) is 4.55. The van der Waals surface area contributed by atoms with Gasteiger partial charge in [0.1, 0.15) is 0 Å². The first-order valence-corrected chi connectivity index (χ1v) is 7.24. The van der Waals surface area contributed by atoms with E-state index >= 15 is 0 Å². The molecule has 0 atom stereocenters. The zero-order valence-electron chi connectivity index (χ0n) is 8.44. The molecule has 0 spiro atoms. The molecule has 0 saturated carbocycles. The molecule has 0 aromatic carbocycles. The molecule has 0 aliphatic heterocycles. The molecule has 0 amide bonds. The number of nitrogens with one attached hydrogen (secondary N) is 1. The molecule has 0 saturated heterocycles. The first-order chi connectivity index (χ1) is 6.67. The highest BCUT2D eigenvalue weighted by atomic mass is 79.9. The third-order valence-corrected chi connectivity index (χ3v) is 5.50. The maximum Gasteiger partial charge on any atom is 0.0843 e. The summed E-state index contributed by atoms with van der Waals surface area (Å²) < 4.78 is 2.34. The number of hydrogen-bond acceptors (Lipinski definition) is 2. The van der Waals surface area contributed by atoms with Crippen molar-refractivity contribution in [2.45, 2.75) is 39.3 Å². The van der Waals surface area contributed by atoms with E-state index in [1.54, 1.807) is 11.3 Å². The highest BCUT2D eigenvalue weighted by molar-refractivity contribution is 9.13. The molecule has 0 fully saturated rings. The minimum Gasteiger partial charge on any atom is -0.309 e.